The van der Waals surface area contributed by atoms with Gasteiger partial charge in [0.1, 0.15) is 36.3 Å². The number of carbonyl (C=O) groups is 2. The number of phenols is 1. The predicted octanol–water partition coefficient (Wildman–Crippen LogP) is 11.5. The summed E-state index contributed by atoms with van der Waals surface area (Å²) in [6, 6.07) is 37.7. The number of primary amides is 1. The number of amides is 2. The van der Waals surface area contributed by atoms with E-state index in [4.69, 9.17) is 15.2 Å². The number of hydrogen-bond donors (Lipinski definition) is 6. The minimum Gasteiger partial charge on any atom is -0.505 e. The van der Waals surface area contributed by atoms with Gasteiger partial charge in [-0.25, -0.2) is 28.9 Å². The molecule has 0 aliphatic carbocycles. The summed E-state index contributed by atoms with van der Waals surface area (Å²) in [5, 5.41) is 54.7. The van der Waals surface area contributed by atoms with Gasteiger partial charge in [-0.15, -0.1) is 0 Å². The van der Waals surface area contributed by atoms with E-state index in [9.17, 15) is 65.9 Å². The molecule has 0 unspecified atom stereocenters. The van der Waals surface area contributed by atoms with Gasteiger partial charge in [-0.1, -0.05) is 78.9 Å². The average Bonchev–Trinajstić information content (AvgIpc) is 1.67. The Morgan fingerprint density at radius 2 is 1.43 bits per heavy atom. The fraction of sp³-hybridized carbons (Fsp3) is 0.290. The first-order valence-electron chi connectivity index (χ1n) is 29.9. The van der Waals surface area contributed by atoms with Crippen LogP contribution in [0.2, 0.25) is 0 Å². The van der Waals surface area contributed by atoms with Gasteiger partial charge in [-0.05, 0) is 142 Å². The zero-order valence-corrected chi connectivity index (χ0v) is 54.9. The summed E-state index contributed by atoms with van der Waals surface area (Å²) in [5.74, 6) is -1.19. The van der Waals surface area contributed by atoms with Crippen molar-refractivity contribution in [3.05, 3.63) is 236 Å². The van der Waals surface area contributed by atoms with E-state index in [0.717, 1.165) is 27.7 Å². The number of nitriles is 2. The normalized spacial score (nSPS) is 17.4. The van der Waals surface area contributed by atoms with E-state index in [1.54, 1.807) is 41.2 Å². The van der Waals surface area contributed by atoms with Gasteiger partial charge in [0.25, 0.3) is 5.91 Å². The van der Waals surface area contributed by atoms with Gasteiger partial charge >= 0.3 is 18.0 Å². The van der Waals surface area contributed by atoms with Crippen molar-refractivity contribution in [2.75, 3.05) is 18.5 Å². The SMILES string of the molecule is CC(C)(C#N)c1cc(Cn2cncn2)cc(C(C)(C)C#N)c1.C[C@@H](O[C@@H]1OCCN(Cc2n[nH]c(=O)[nH]2)[C@@H]1c1ccc(F)cc1)c1cc(C(F)(F)F)cc(C(F)(F)F)c1.Cc1ccc2c(c1O)N[C@@H](O)[C@@H]1CC(/C=C/C(N)=O)=CN1C2=O.[As].c1ccc2nc3ccccc3cc2c1. The second kappa shape index (κ2) is 30.4. The molecule has 6 aromatic carbocycles. The van der Waals surface area contributed by atoms with Gasteiger partial charge in [-0.3, -0.25) is 19.5 Å². The zero-order valence-electron chi connectivity index (χ0n) is 53.1. The number of aromatic nitrogens is 7. The molecule has 20 nitrogen and oxygen atoms in total. The summed E-state index contributed by atoms with van der Waals surface area (Å²) in [4.78, 5) is 49.2. The number of aromatic hydroxyl groups is 1. The summed E-state index contributed by atoms with van der Waals surface area (Å²) < 4.78 is 107. The van der Waals surface area contributed by atoms with Crippen LogP contribution in [0.3, 0.4) is 0 Å². The molecule has 9 aromatic rings. The van der Waals surface area contributed by atoms with Crippen molar-refractivity contribution >= 4 is 57.3 Å². The standard InChI is InChI=1S/C23H21F7N4O3.C17H19N5.C16H17N3O4.C13H9N.As/c1-12(14-8-15(22(25,26)27)10-16(9-14)23(28,29)30)37-20-19(13-2-4-17(24)5-3-13)34(6-7-36-20)11-18-31-21(35)33-32-18;1-16(2,9-18)14-5-13(8-22-12-20-11-21-22)6-15(7-14)17(3,4)10-19;1-8-2-4-10-13(14(8)21)18-15(22)11-6-9(3-5-12(17)20)7-19(11)16(10)23;1-3-7-12-10(5-1)9-11-6-2-4-8-13(11)14-12;/h2-5,8-10,12,19-20H,6-7,11H2,1H3,(H2,31,32,33,35);5-7,11-12H,8H2,1-4H3;2-5,7,11,15,18,21-22H,6H2,1H3,(H2,17,20);1-9H;/b;;5-3+;;/t12-,19-,20+;;11-,15-;;/m1.0../s1. The number of nitrogens with zero attached hydrogens (tertiary/aromatic N) is 9. The molecule has 7 N–H and O–H groups in total. The van der Waals surface area contributed by atoms with E-state index < -0.39 is 82.4 Å². The molecule has 1 saturated heterocycles. The molecule has 6 heterocycles. The first kappa shape index (κ1) is 72.8. The molecular weight excluding hydrogens is 1330 g/mol. The molecule has 0 saturated carbocycles. The number of hydrogen-bond acceptors (Lipinski definition) is 15. The molecule has 97 heavy (non-hydrogen) atoms. The Labute approximate surface area is 563 Å². The number of benzene rings is 6. The maximum atomic E-state index is 13.6. The maximum absolute atomic E-state index is 13.6. The summed E-state index contributed by atoms with van der Waals surface area (Å²) in [6.07, 6.45) is -5.64. The quantitative estimate of drug-likeness (QED) is 0.0218. The summed E-state index contributed by atoms with van der Waals surface area (Å²) in [5.41, 5.74) is 7.33. The van der Waals surface area contributed by atoms with Crippen LogP contribution >= 0.6 is 0 Å². The monoisotopic (exact) mass is 1400 g/mol. The van der Waals surface area contributed by atoms with Crippen molar-refractivity contribution < 1.29 is 60.0 Å². The van der Waals surface area contributed by atoms with Crippen LogP contribution in [0.5, 0.6) is 5.75 Å². The third-order valence-corrected chi connectivity index (χ3v) is 16.1. The van der Waals surface area contributed by atoms with Crippen LogP contribution in [-0.2, 0) is 50.5 Å². The third-order valence-electron chi connectivity index (χ3n) is 16.1. The molecule has 3 aliphatic heterocycles. The molecule has 0 spiro atoms. The Bertz CT molecular complexity index is 4320. The molecule has 5 atom stereocenters. The number of nitrogens with two attached hydrogens (primary N) is 1. The van der Waals surface area contributed by atoms with Crippen LogP contribution in [0.1, 0.15) is 114 Å². The Kier molecular flexibility index (Phi) is 22.8. The number of anilines is 1. The number of nitrogens with one attached hydrogen (secondary N) is 3. The number of aryl methyl sites for hydroxylation is 1. The molecular formula is C69H66AsF7N13O7. The third kappa shape index (κ3) is 17.9. The van der Waals surface area contributed by atoms with Crippen LogP contribution in [0, 0.1) is 35.4 Å². The van der Waals surface area contributed by atoms with Crippen LogP contribution in [-0.4, -0.2) is 116 Å². The topological polar surface area (TPSA) is 290 Å². The van der Waals surface area contributed by atoms with E-state index in [0.29, 0.717) is 48.3 Å². The molecule has 0 bridgehead atoms. The fourth-order valence-corrected chi connectivity index (χ4v) is 10.8. The number of H-pyrrole nitrogens is 2. The van der Waals surface area contributed by atoms with E-state index in [1.165, 1.54) is 65.3 Å². The van der Waals surface area contributed by atoms with Gasteiger partial charge in [0.05, 0.1) is 94.3 Å². The van der Waals surface area contributed by atoms with Crippen LogP contribution in [0.25, 0.3) is 21.8 Å². The zero-order chi connectivity index (χ0) is 69.4. The number of allylic oxidation sites excluding steroid dienone is 1. The summed E-state index contributed by atoms with van der Waals surface area (Å²) in [6.45, 7) is 11.6. The number of pyridine rings is 1. The minimum atomic E-state index is -5.01. The molecule has 12 rings (SSSR count). The Balaban J connectivity index is 0.000000174. The number of aliphatic hydroxyl groups is 1. The first-order valence-corrected chi connectivity index (χ1v) is 29.9. The van der Waals surface area contributed by atoms with Crippen molar-refractivity contribution in [1.29, 1.82) is 10.5 Å². The van der Waals surface area contributed by atoms with E-state index in [-0.39, 0.29) is 71.5 Å². The van der Waals surface area contributed by atoms with Gasteiger partial charge in [-0.2, -0.15) is 47.1 Å². The van der Waals surface area contributed by atoms with E-state index in [2.05, 4.69) is 65.9 Å². The van der Waals surface area contributed by atoms with Crippen LogP contribution in [0.15, 0.2) is 169 Å². The molecule has 503 valence electrons. The number of alkyl halides is 6. The summed E-state index contributed by atoms with van der Waals surface area (Å²) >= 11 is 0. The first-order chi connectivity index (χ1) is 45.4. The Morgan fingerprint density at radius 1 is 0.835 bits per heavy atom. The Morgan fingerprint density at radius 3 is 1.98 bits per heavy atom. The number of rotatable bonds is 12. The predicted molar refractivity (Wildman–Crippen MR) is 346 cm³/mol. The van der Waals surface area contributed by atoms with Crippen LogP contribution in [0.4, 0.5) is 36.4 Å². The molecule has 3 radical (unpaired) electrons. The number of phenolic OH excluding ortho intramolecular Hbond substituents is 1. The van der Waals surface area contributed by atoms with Crippen molar-refractivity contribution in [1.82, 2.24) is 44.7 Å². The molecule has 1 fully saturated rings. The number of carbonyl (C=O) groups excluding carboxylic acids is 2. The molecule has 3 aromatic heterocycles. The number of aromatic amines is 2. The second-order valence-electron chi connectivity index (χ2n) is 24.0. The largest absolute Gasteiger partial charge is 0.505 e. The van der Waals surface area contributed by atoms with Gasteiger partial charge in [0.15, 0.2) is 6.29 Å². The van der Waals surface area contributed by atoms with E-state index in [1.807, 2.05) is 82.3 Å². The van der Waals surface area contributed by atoms with Gasteiger partial charge in [0.2, 0.25) is 5.91 Å². The van der Waals surface area contributed by atoms with Gasteiger partial charge in [0, 0.05) is 47.5 Å². The smallest absolute Gasteiger partial charge is 0.416 e. The number of halogens is 7. The van der Waals surface area contributed by atoms with Crippen molar-refractivity contribution in [3.63, 3.8) is 0 Å². The van der Waals surface area contributed by atoms with Crippen molar-refractivity contribution in [2.24, 2.45) is 5.73 Å². The molecule has 28 heteroatoms. The second-order valence-corrected chi connectivity index (χ2v) is 24.0. The number of para-hydroxylation sites is 2. The maximum Gasteiger partial charge on any atom is 0.416 e. The van der Waals surface area contributed by atoms with Crippen molar-refractivity contribution in [2.45, 2.75) is 115 Å². The average molecular weight is 1400 g/mol. The fourth-order valence-electron chi connectivity index (χ4n) is 10.8. The van der Waals surface area contributed by atoms with Gasteiger partial charge < -0.3 is 35.6 Å². The number of ether oxygens (including phenoxy) is 2. The molecule has 2 amide bonds. The number of morpholine rings is 1. The summed E-state index contributed by atoms with van der Waals surface area (Å²) in [7, 11) is 0. The molecule has 3 aliphatic rings. The Hall–Kier alpha value is -10.0. The van der Waals surface area contributed by atoms with E-state index >= 15 is 0 Å². The minimum absolute atomic E-state index is 0. The van der Waals surface area contributed by atoms with Crippen molar-refractivity contribution in [3.8, 4) is 17.9 Å². The number of aliphatic hydroxyl groups excluding tert-OH is 1. The van der Waals surface area contributed by atoms with Crippen LogP contribution < -0.4 is 16.7 Å². The number of fused-ring (bicyclic) bond motifs is 4.